The number of rotatable bonds is 4. The minimum absolute atomic E-state index is 0.0348. The highest BCUT2D eigenvalue weighted by Crippen LogP contribution is 2.39. The lowest BCUT2D eigenvalue weighted by molar-refractivity contribution is -0.120. The van der Waals surface area contributed by atoms with Gasteiger partial charge in [0, 0.05) is 19.2 Å². The number of nitrogens with one attached hydrogen (secondary N) is 1. The summed E-state index contributed by atoms with van der Waals surface area (Å²) in [5.74, 6) is 2.29. The maximum atomic E-state index is 11.7. The molecule has 3 rings (SSSR count). The Labute approximate surface area is 137 Å². The number of Topliss-reactive ketones (excluding diaryl/α,β-unsaturated/α-hetero) is 2. The largest absolute Gasteiger partial charge is 0.334 e. The molecule has 0 unspecified atom stereocenters. The van der Waals surface area contributed by atoms with Gasteiger partial charge in [0.2, 0.25) is 0 Å². The van der Waals surface area contributed by atoms with E-state index in [9.17, 15) is 9.59 Å². The first kappa shape index (κ1) is 16.4. The highest BCUT2D eigenvalue weighted by atomic mass is 16.1. The zero-order valence-electron chi connectivity index (χ0n) is 14.3. The number of hydrogen-bond donors (Lipinski definition) is 1. The Bertz CT molecular complexity index is 607. The van der Waals surface area contributed by atoms with Gasteiger partial charge in [0.25, 0.3) is 0 Å². The lowest BCUT2D eigenvalue weighted by atomic mass is 9.69. The summed E-state index contributed by atoms with van der Waals surface area (Å²) in [6.07, 6.45) is 6.43. The first-order chi connectivity index (χ1) is 11.0. The third kappa shape index (κ3) is 3.39. The molecule has 126 valence electrons. The normalized spacial score (nSPS) is 30.7. The first-order valence-electron chi connectivity index (χ1n) is 8.72. The molecule has 2 heterocycles. The second-order valence-corrected chi connectivity index (χ2v) is 7.39. The molecule has 1 aromatic rings. The summed E-state index contributed by atoms with van der Waals surface area (Å²) in [7, 11) is 0. The molecule has 0 aromatic carbocycles. The second-order valence-electron chi connectivity index (χ2n) is 7.39. The lowest BCUT2D eigenvalue weighted by Crippen LogP contribution is -2.49. The fourth-order valence-corrected chi connectivity index (χ4v) is 4.39. The van der Waals surface area contributed by atoms with Crippen LogP contribution in [0, 0.1) is 24.7 Å². The maximum absolute atomic E-state index is 11.7. The molecular formula is C18H27N3O2. The third-order valence-corrected chi connectivity index (χ3v) is 5.79. The molecule has 5 heteroatoms. The topological polar surface area (TPSA) is 64.0 Å². The molecule has 1 aliphatic carbocycles. The van der Waals surface area contributed by atoms with Gasteiger partial charge in [-0.2, -0.15) is 0 Å². The van der Waals surface area contributed by atoms with Crippen LogP contribution >= 0.6 is 0 Å². The van der Waals surface area contributed by atoms with E-state index in [4.69, 9.17) is 0 Å². The fraction of sp³-hybridized carbons (Fsp3) is 0.722. The van der Waals surface area contributed by atoms with Crippen molar-refractivity contribution in [1.82, 2.24) is 14.9 Å². The van der Waals surface area contributed by atoms with Gasteiger partial charge in [0.1, 0.15) is 11.5 Å². The van der Waals surface area contributed by atoms with Gasteiger partial charge < -0.3 is 9.88 Å². The molecule has 1 aromatic heterocycles. The second kappa shape index (κ2) is 6.56. The van der Waals surface area contributed by atoms with Crippen LogP contribution in [0.3, 0.4) is 0 Å². The standard InChI is InChI=1S/C18H27N3O2/c1-11-18(13(3)23)20-10-21(11)9-14-4-5-15-8-19-17(12(2)22)7-16(15)6-14/h10,14-17,19H,4-9H2,1-3H3/t14-,15-,16+,17-/m0/s1. The third-order valence-electron chi connectivity index (χ3n) is 5.79. The number of fused-ring (bicyclic) bond motifs is 1. The number of carbonyl (C=O) groups excluding carboxylic acids is 2. The van der Waals surface area contributed by atoms with Crippen LogP contribution in [0.1, 0.15) is 55.7 Å². The predicted octanol–water partition coefficient (Wildman–Crippen LogP) is 2.38. The minimum Gasteiger partial charge on any atom is -0.334 e. The van der Waals surface area contributed by atoms with Crippen LogP contribution in [-0.2, 0) is 11.3 Å². The summed E-state index contributed by atoms with van der Waals surface area (Å²) in [5.41, 5.74) is 1.57. The van der Waals surface area contributed by atoms with Crippen molar-refractivity contribution in [1.29, 1.82) is 0 Å². The van der Waals surface area contributed by atoms with Crippen LogP contribution in [0.4, 0.5) is 0 Å². The Hall–Kier alpha value is -1.49. The average Bonchev–Trinajstić information content (AvgIpc) is 2.87. The van der Waals surface area contributed by atoms with Gasteiger partial charge in [0.15, 0.2) is 5.78 Å². The van der Waals surface area contributed by atoms with E-state index < -0.39 is 0 Å². The van der Waals surface area contributed by atoms with Crippen LogP contribution in [-0.4, -0.2) is 33.7 Å². The van der Waals surface area contributed by atoms with E-state index in [-0.39, 0.29) is 17.6 Å². The molecule has 5 nitrogen and oxygen atoms in total. The molecule has 0 spiro atoms. The van der Waals surface area contributed by atoms with Gasteiger partial charge in [-0.3, -0.25) is 9.59 Å². The number of hydrogen-bond acceptors (Lipinski definition) is 4. The zero-order valence-corrected chi connectivity index (χ0v) is 14.3. The highest BCUT2D eigenvalue weighted by molar-refractivity contribution is 5.93. The average molecular weight is 317 g/mol. The van der Waals surface area contributed by atoms with Gasteiger partial charge in [-0.25, -0.2) is 4.98 Å². The molecule has 4 atom stereocenters. The quantitative estimate of drug-likeness (QED) is 0.866. The molecule has 2 aliphatic rings. The fourth-order valence-electron chi connectivity index (χ4n) is 4.39. The number of piperidine rings is 1. The van der Waals surface area contributed by atoms with Crippen molar-refractivity contribution >= 4 is 11.6 Å². The van der Waals surface area contributed by atoms with Gasteiger partial charge in [-0.05, 0) is 63.8 Å². The van der Waals surface area contributed by atoms with Crippen molar-refractivity contribution in [3.8, 4) is 0 Å². The molecule has 1 aliphatic heterocycles. The lowest BCUT2D eigenvalue weighted by Gasteiger charge is -2.42. The van der Waals surface area contributed by atoms with E-state index in [2.05, 4.69) is 14.9 Å². The van der Waals surface area contributed by atoms with Crippen LogP contribution < -0.4 is 5.32 Å². The number of ketones is 2. The molecule has 1 N–H and O–H groups in total. The van der Waals surface area contributed by atoms with E-state index in [1.807, 2.05) is 6.92 Å². The predicted molar refractivity (Wildman–Crippen MR) is 88.4 cm³/mol. The molecule has 0 bridgehead atoms. The zero-order chi connectivity index (χ0) is 16.6. The Morgan fingerprint density at radius 2 is 2.04 bits per heavy atom. The summed E-state index contributed by atoms with van der Waals surface area (Å²) < 4.78 is 2.13. The Morgan fingerprint density at radius 3 is 2.70 bits per heavy atom. The molecule has 1 saturated carbocycles. The van der Waals surface area contributed by atoms with Gasteiger partial charge in [-0.15, -0.1) is 0 Å². The SMILES string of the molecule is CC(=O)c1ncn(C[C@H]2CC[C@H]3CN[C@H](C(C)=O)C[C@H]3C2)c1C. The van der Waals surface area contributed by atoms with Crippen molar-refractivity contribution in [2.24, 2.45) is 17.8 Å². The summed E-state index contributed by atoms with van der Waals surface area (Å²) in [6.45, 7) is 7.16. The van der Waals surface area contributed by atoms with E-state index in [1.165, 1.54) is 19.3 Å². The molecule has 2 fully saturated rings. The number of imidazole rings is 1. The van der Waals surface area contributed by atoms with Gasteiger partial charge in [0.05, 0.1) is 12.4 Å². The molecule has 0 amide bonds. The maximum Gasteiger partial charge on any atom is 0.179 e. The van der Waals surface area contributed by atoms with Gasteiger partial charge in [-0.1, -0.05) is 0 Å². The number of aromatic nitrogens is 2. The summed E-state index contributed by atoms with van der Waals surface area (Å²) in [4.78, 5) is 27.5. The Morgan fingerprint density at radius 1 is 1.26 bits per heavy atom. The highest BCUT2D eigenvalue weighted by Gasteiger charge is 2.36. The van der Waals surface area contributed by atoms with Crippen LogP contribution in [0.2, 0.25) is 0 Å². The van der Waals surface area contributed by atoms with E-state index in [1.54, 1.807) is 20.2 Å². The molecular weight excluding hydrogens is 290 g/mol. The van der Waals surface area contributed by atoms with Crippen molar-refractivity contribution in [2.45, 2.75) is 59.0 Å². The molecule has 1 saturated heterocycles. The number of carbonyl (C=O) groups is 2. The van der Waals surface area contributed by atoms with E-state index >= 15 is 0 Å². The van der Waals surface area contributed by atoms with Crippen molar-refractivity contribution in [3.63, 3.8) is 0 Å². The van der Waals surface area contributed by atoms with Crippen molar-refractivity contribution < 1.29 is 9.59 Å². The first-order valence-corrected chi connectivity index (χ1v) is 8.72. The van der Waals surface area contributed by atoms with E-state index in [0.717, 1.165) is 31.1 Å². The van der Waals surface area contributed by atoms with Gasteiger partial charge >= 0.3 is 0 Å². The van der Waals surface area contributed by atoms with Crippen LogP contribution in [0.15, 0.2) is 6.33 Å². The summed E-state index contributed by atoms with van der Waals surface area (Å²) >= 11 is 0. The van der Waals surface area contributed by atoms with Crippen molar-refractivity contribution in [2.75, 3.05) is 6.54 Å². The molecule has 0 radical (unpaired) electrons. The smallest absolute Gasteiger partial charge is 0.179 e. The van der Waals surface area contributed by atoms with Crippen LogP contribution in [0.5, 0.6) is 0 Å². The van der Waals surface area contributed by atoms with Crippen molar-refractivity contribution in [3.05, 3.63) is 17.7 Å². The Kier molecular flexibility index (Phi) is 4.67. The summed E-state index contributed by atoms with van der Waals surface area (Å²) in [5, 5.41) is 3.40. The minimum atomic E-state index is 0.0348. The Balaban J connectivity index is 1.64. The monoisotopic (exact) mass is 317 g/mol. The number of nitrogens with zero attached hydrogens (tertiary/aromatic N) is 2. The van der Waals surface area contributed by atoms with E-state index in [0.29, 0.717) is 17.5 Å². The molecule has 23 heavy (non-hydrogen) atoms. The van der Waals surface area contributed by atoms with Crippen LogP contribution in [0.25, 0.3) is 0 Å². The summed E-state index contributed by atoms with van der Waals surface area (Å²) in [6, 6.07) is 0.0503.